The lowest BCUT2D eigenvalue weighted by Crippen LogP contribution is -2.40. The molecule has 1 atom stereocenters. The number of ether oxygens (including phenoxy) is 3. The highest BCUT2D eigenvalue weighted by atomic mass is 16.7. The average molecular weight is 438 g/mol. The first-order valence-electron chi connectivity index (χ1n) is 9.71. The van der Waals surface area contributed by atoms with E-state index in [1.165, 1.54) is 11.9 Å². The minimum Gasteiger partial charge on any atom is -0.454 e. The number of carbonyl (C=O) groups is 4. The average Bonchev–Trinajstić information content (AvgIpc) is 2.75. The van der Waals surface area contributed by atoms with Gasteiger partial charge in [-0.05, 0) is 18.1 Å². The molecule has 0 saturated heterocycles. The van der Waals surface area contributed by atoms with Gasteiger partial charge in [0.05, 0.1) is 0 Å². The number of amides is 2. The van der Waals surface area contributed by atoms with Crippen LogP contribution in [0.25, 0.3) is 0 Å². The molecule has 0 aliphatic carbocycles. The molecule has 0 bridgehead atoms. The van der Waals surface area contributed by atoms with E-state index in [0.29, 0.717) is 13.0 Å². The van der Waals surface area contributed by atoms with Crippen LogP contribution in [0, 0.1) is 5.92 Å². The van der Waals surface area contributed by atoms with Crippen LogP contribution >= 0.6 is 0 Å². The topological polar surface area (TPSA) is 141 Å². The van der Waals surface area contributed by atoms with E-state index in [1.807, 2.05) is 12.1 Å². The Morgan fingerprint density at radius 2 is 1.77 bits per heavy atom. The summed E-state index contributed by atoms with van der Waals surface area (Å²) in [5.74, 6) is -2.22. The van der Waals surface area contributed by atoms with E-state index in [0.717, 1.165) is 10.6 Å². The Labute approximate surface area is 181 Å². The highest BCUT2D eigenvalue weighted by Gasteiger charge is 2.21. The van der Waals surface area contributed by atoms with Gasteiger partial charge >= 0.3 is 18.0 Å². The van der Waals surface area contributed by atoms with Gasteiger partial charge in [0.15, 0.2) is 6.61 Å². The van der Waals surface area contributed by atoms with Gasteiger partial charge in [0, 0.05) is 39.0 Å². The Hall–Kier alpha value is -3.21. The van der Waals surface area contributed by atoms with Gasteiger partial charge in [0.1, 0.15) is 12.6 Å². The Morgan fingerprint density at radius 1 is 1.06 bits per heavy atom. The smallest absolute Gasteiger partial charge is 0.412 e. The second kappa shape index (κ2) is 13.2. The number of nitrogens with two attached hydrogens (primary N) is 1. The van der Waals surface area contributed by atoms with Gasteiger partial charge < -0.3 is 29.7 Å². The number of esters is 2. The summed E-state index contributed by atoms with van der Waals surface area (Å²) in [6, 6.07) is 4.67. The summed E-state index contributed by atoms with van der Waals surface area (Å²) in [5.41, 5.74) is 6.46. The first-order valence-corrected chi connectivity index (χ1v) is 9.71. The Morgan fingerprint density at radius 3 is 2.39 bits per heavy atom. The molecule has 0 aliphatic heterocycles. The normalized spacial score (nSPS) is 11.4. The predicted molar refractivity (Wildman–Crippen MR) is 109 cm³/mol. The maximum atomic E-state index is 11.9. The lowest BCUT2D eigenvalue weighted by atomic mass is 10.1. The molecule has 1 aromatic heterocycles. The third-order valence-corrected chi connectivity index (χ3v) is 4.26. The second-order valence-corrected chi connectivity index (χ2v) is 7.16. The van der Waals surface area contributed by atoms with Crippen molar-refractivity contribution in [3.63, 3.8) is 0 Å². The summed E-state index contributed by atoms with van der Waals surface area (Å²) in [4.78, 5) is 53.8. The van der Waals surface area contributed by atoms with Crippen molar-refractivity contribution in [2.24, 2.45) is 11.7 Å². The van der Waals surface area contributed by atoms with E-state index in [-0.39, 0.29) is 5.92 Å². The number of likely N-dealkylation sites (N-methyl/N-ethyl adjacent to an activating group) is 2. The largest absolute Gasteiger partial charge is 0.454 e. The van der Waals surface area contributed by atoms with Gasteiger partial charge in [-0.15, -0.1) is 0 Å². The van der Waals surface area contributed by atoms with Crippen molar-refractivity contribution in [1.29, 1.82) is 0 Å². The SMILES string of the molecule is CC(C)[C@H](N)C(=O)OCC(=O)N(C)CC(=O)OCOC(=O)N(C)CCc1ccccn1. The first-order chi connectivity index (χ1) is 14.6. The van der Waals surface area contributed by atoms with Crippen molar-refractivity contribution in [1.82, 2.24) is 14.8 Å². The Bertz CT molecular complexity index is 742. The number of hydrogen-bond donors (Lipinski definition) is 1. The maximum Gasteiger partial charge on any atom is 0.412 e. The molecule has 0 saturated carbocycles. The van der Waals surface area contributed by atoms with Gasteiger partial charge in [0.25, 0.3) is 5.91 Å². The molecule has 172 valence electrons. The van der Waals surface area contributed by atoms with Crippen molar-refractivity contribution < 1.29 is 33.4 Å². The Balaban J connectivity index is 2.25. The summed E-state index contributed by atoms with van der Waals surface area (Å²) >= 11 is 0. The minimum absolute atomic E-state index is 0.132. The van der Waals surface area contributed by atoms with Gasteiger partial charge in [-0.25, -0.2) is 4.79 Å². The number of carbonyl (C=O) groups excluding carboxylic acids is 4. The van der Waals surface area contributed by atoms with Gasteiger partial charge in [-0.2, -0.15) is 0 Å². The molecule has 0 unspecified atom stereocenters. The van der Waals surface area contributed by atoms with E-state index in [2.05, 4.69) is 4.98 Å². The molecule has 2 N–H and O–H groups in total. The van der Waals surface area contributed by atoms with E-state index in [1.54, 1.807) is 33.2 Å². The van der Waals surface area contributed by atoms with Crippen LogP contribution in [-0.2, 0) is 35.0 Å². The lowest BCUT2D eigenvalue weighted by molar-refractivity contribution is -0.158. The zero-order valence-corrected chi connectivity index (χ0v) is 18.3. The minimum atomic E-state index is -0.833. The molecule has 0 fully saturated rings. The molecule has 0 spiro atoms. The Kier molecular flexibility index (Phi) is 11.0. The standard InChI is InChI=1S/C20H30N4O7/c1-14(2)18(21)19(27)29-12-16(25)24(4)11-17(26)30-13-31-20(28)23(3)10-8-15-7-5-6-9-22-15/h5-7,9,14,18H,8,10-13,21H2,1-4H3/t18-/m0/s1. The van der Waals surface area contributed by atoms with E-state index in [9.17, 15) is 19.2 Å². The van der Waals surface area contributed by atoms with Crippen molar-refractivity contribution in [2.75, 3.05) is 40.6 Å². The van der Waals surface area contributed by atoms with Crippen LogP contribution in [0.4, 0.5) is 4.79 Å². The number of pyridine rings is 1. The van der Waals surface area contributed by atoms with Crippen molar-refractivity contribution >= 4 is 23.9 Å². The van der Waals surface area contributed by atoms with Crippen LogP contribution in [0.5, 0.6) is 0 Å². The fourth-order valence-corrected chi connectivity index (χ4v) is 2.11. The number of rotatable bonds is 11. The van der Waals surface area contributed by atoms with Crippen LogP contribution < -0.4 is 5.73 Å². The predicted octanol–water partition coefficient (Wildman–Crippen LogP) is 0.178. The van der Waals surface area contributed by atoms with Gasteiger partial charge in [0.2, 0.25) is 6.79 Å². The fourth-order valence-electron chi connectivity index (χ4n) is 2.11. The summed E-state index contributed by atoms with van der Waals surface area (Å²) in [7, 11) is 2.89. The van der Waals surface area contributed by atoms with Crippen LogP contribution in [0.15, 0.2) is 24.4 Å². The number of aromatic nitrogens is 1. The number of hydrogen-bond acceptors (Lipinski definition) is 9. The fraction of sp³-hybridized carbons (Fsp3) is 0.550. The highest BCUT2D eigenvalue weighted by molar-refractivity contribution is 5.85. The lowest BCUT2D eigenvalue weighted by Gasteiger charge is -2.19. The summed E-state index contributed by atoms with van der Waals surface area (Å²) in [5, 5.41) is 0. The van der Waals surface area contributed by atoms with Gasteiger partial charge in [-0.3, -0.25) is 19.4 Å². The quantitative estimate of drug-likeness (QED) is 0.378. The molecule has 1 rings (SSSR count). The van der Waals surface area contributed by atoms with E-state index in [4.69, 9.17) is 19.9 Å². The van der Waals surface area contributed by atoms with Crippen molar-refractivity contribution in [2.45, 2.75) is 26.3 Å². The van der Waals surface area contributed by atoms with Crippen LogP contribution in [0.2, 0.25) is 0 Å². The van der Waals surface area contributed by atoms with Crippen molar-refractivity contribution in [3.05, 3.63) is 30.1 Å². The van der Waals surface area contributed by atoms with Crippen LogP contribution in [0.3, 0.4) is 0 Å². The molecule has 0 radical (unpaired) electrons. The maximum absolute atomic E-state index is 11.9. The molecule has 1 heterocycles. The zero-order valence-electron chi connectivity index (χ0n) is 18.3. The molecule has 1 aromatic rings. The third-order valence-electron chi connectivity index (χ3n) is 4.26. The molecule has 31 heavy (non-hydrogen) atoms. The third kappa shape index (κ3) is 9.90. The second-order valence-electron chi connectivity index (χ2n) is 7.16. The highest BCUT2D eigenvalue weighted by Crippen LogP contribution is 2.01. The van der Waals surface area contributed by atoms with E-state index >= 15 is 0 Å². The van der Waals surface area contributed by atoms with Crippen LogP contribution in [0.1, 0.15) is 19.5 Å². The molecular formula is C20H30N4O7. The van der Waals surface area contributed by atoms with E-state index < -0.39 is 49.9 Å². The molecule has 11 heteroatoms. The molecular weight excluding hydrogens is 408 g/mol. The summed E-state index contributed by atoms with van der Waals surface area (Å²) in [6.45, 7) is 2.34. The summed E-state index contributed by atoms with van der Waals surface area (Å²) < 4.78 is 14.5. The molecule has 11 nitrogen and oxygen atoms in total. The molecule has 2 amide bonds. The molecule has 0 aromatic carbocycles. The monoisotopic (exact) mass is 438 g/mol. The summed E-state index contributed by atoms with van der Waals surface area (Å²) in [6.07, 6.45) is 1.55. The first kappa shape index (κ1) is 25.8. The van der Waals surface area contributed by atoms with Crippen LogP contribution in [-0.4, -0.2) is 85.3 Å². The van der Waals surface area contributed by atoms with Gasteiger partial charge in [-0.1, -0.05) is 19.9 Å². The van der Waals surface area contributed by atoms with Crippen molar-refractivity contribution in [3.8, 4) is 0 Å². The number of nitrogens with zero attached hydrogens (tertiary/aromatic N) is 3. The zero-order chi connectivity index (χ0) is 23.4. The molecule has 0 aliphatic rings.